The molecule has 8 fully saturated rings. The number of anilines is 4. The van der Waals surface area contributed by atoms with Gasteiger partial charge < -0.3 is 54.7 Å². The van der Waals surface area contributed by atoms with Crippen molar-refractivity contribution in [1.82, 2.24) is 109 Å². The van der Waals surface area contributed by atoms with E-state index in [0.29, 0.717) is 134 Å². The monoisotopic (exact) mass is 2130 g/mol. The molecule has 43 heteroatoms. The van der Waals surface area contributed by atoms with Gasteiger partial charge in [-0.1, -0.05) is 117 Å². The van der Waals surface area contributed by atoms with Gasteiger partial charge in [0.15, 0.2) is 39.7 Å². The molecule has 8 saturated heterocycles. The van der Waals surface area contributed by atoms with Gasteiger partial charge in [0.25, 0.3) is 0 Å². The van der Waals surface area contributed by atoms with E-state index in [9.17, 15) is 29.0 Å². The average Bonchev–Trinajstić information content (AvgIpc) is 1.61. The number of aryl methyl sites for hydroxylation is 1. The van der Waals surface area contributed by atoms with Gasteiger partial charge in [0.05, 0.1) is 59.9 Å². The Morgan fingerprint density at radius 1 is 0.403 bits per heavy atom. The minimum Gasteiger partial charge on any atom is -0.396 e. The molecule has 0 bridgehead atoms. The zero-order valence-corrected chi connectivity index (χ0v) is 88.9. The number of halogens is 8. The van der Waals surface area contributed by atoms with Crippen LogP contribution in [-0.2, 0) is 14.8 Å². The predicted octanol–water partition coefficient (Wildman–Crippen LogP) is 15.9. The number of aliphatic hydroxyl groups is 2. The first-order valence-electron chi connectivity index (χ1n) is 49.6. The second-order valence-corrected chi connectivity index (χ2v) is 45.3. The van der Waals surface area contributed by atoms with E-state index in [4.69, 9.17) is 133 Å². The second kappa shape index (κ2) is 46.7. The van der Waals surface area contributed by atoms with Gasteiger partial charge in [-0.25, -0.2) is 71.7 Å². The maximum absolute atomic E-state index is 12.0. The van der Waals surface area contributed by atoms with E-state index in [1.54, 1.807) is 95.9 Å². The molecule has 0 radical (unpaired) electrons. The Bertz CT molecular complexity index is 6670. The lowest BCUT2D eigenvalue weighted by atomic mass is 9.80. The molecule has 8 aromatic heterocycles. The lowest BCUT2D eigenvalue weighted by Gasteiger charge is -2.47. The maximum atomic E-state index is 12.0. The Balaban J connectivity index is 0.000000132. The summed E-state index contributed by atoms with van der Waals surface area (Å²) in [5.74, 6) is 8.40. The van der Waals surface area contributed by atoms with Gasteiger partial charge in [-0.3, -0.25) is 4.79 Å². The number of carbonyl (C=O) groups is 1. The van der Waals surface area contributed by atoms with Crippen LogP contribution in [0.2, 0.25) is 40.2 Å². The normalized spacial score (nSPS) is 19.9. The van der Waals surface area contributed by atoms with Crippen LogP contribution in [0.1, 0.15) is 169 Å². The number of amides is 1. The van der Waals surface area contributed by atoms with Crippen LogP contribution in [0.5, 0.6) is 0 Å². The van der Waals surface area contributed by atoms with Crippen molar-refractivity contribution in [3.05, 3.63) is 183 Å². The minimum absolute atomic E-state index is 0.0233. The number of hydrogen-bond donors (Lipinski definition) is 4. The molecule has 0 saturated carbocycles. The summed E-state index contributed by atoms with van der Waals surface area (Å²) in [7, 11) is -3.22. The number of nitrogens with one attached hydrogen (secondary N) is 2. The van der Waals surface area contributed by atoms with E-state index in [0.717, 1.165) is 213 Å². The van der Waals surface area contributed by atoms with Crippen LogP contribution < -0.4 is 29.6 Å². The first kappa shape index (κ1) is 106. The van der Waals surface area contributed by atoms with Crippen molar-refractivity contribution in [2.24, 2.45) is 47.3 Å². The molecule has 762 valence electrons. The van der Waals surface area contributed by atoms with Crippen molar-refractivity contribution in [2.75, 3.05) is 177 Å². The van der Waals surface area contributed by atoms with Crippen LogP contribution in [0.15, 0.2) is 97.6 Å². The van der Waals surface area contributed by atoms with E-state index in [2.05, 4.69) is 105 Å². The number of aliphatic hydroxyl groups excluding tert-OH is 2. The number of benzene rings is 4. The summed E-state index contributed by atoms with van der Waals surface area (Å²) in [5, 5.41) is 72.3. The third-order valence-electron chi connectivity index (χ3n) is 29.9. The Hall–Kier alpha value is -9.79. The van der Waals surface area contributed by atoms with Gasteiger partial charge in [-0.05, 0) is 244 Å². The highest BCUT2D eigenvalue weighted by atomic mass is 35.5. The standard InChI is InChI=1S/C27H37Cl2N7O2S.C26H30Cl2N8O.2C24H27Cl2N7O/c1-17(2)39(37,38)31-9-11-34-10-5-6-20(14-34)21-15-35(16-21)25-13-30-26-18(3)33-36(27(26)32-25)19(4)23-8-7-22(28)12-24(23)29;1-16(21-6-5-20(27)10-22(21)28)36-26-25(23(11-29)33-36)31-12-24(32-26)35-14-19(15-35)18-4-3-8-34(13-18)9-7-30-17(2)37;2*1-15(19-4-3-18(25)9-20(19)26)33-24-23(21(10-27)30-33)28-11-22(29-24)32-13-17(14-32)16-5-7-31(12-16)6-2-8-34/h7-8,12-13,17,19-21,31H,5-6,9-11,14-16H2,1-4H3;5-6,10,12,16,18-19H,3-4,7-9,13-15H2,1-2H3,(H,30,37);2*3-4,9,11,15-17,34H,2,5-8,12-14H2,1H3/t19-,20-;16-,18-;15-,16+;15-,16-/m1111/s1. The van der Waals surface area contributed by atoms with E-state index in [-0.39, 0.29) is 60.4 Å². The highest BCUT2D eigenvalue weighted by Crippen LogP contribution is 2.43. The second-order valence-electron chi connectivity index (χ2n) is 39.6. The van der Waals surface area contributed by atoms with E-state index in [1.807, 2.05) is 68.9 Å². The molecular formula is C101H121Cl8N29O5S. The van der Waals surface area contributed by atoms with Gasteiger partial charge in [0.1, 0.15) is 63.5 Å². The Morgan fingerprint density at radius 2 is 0.694 bits per heavy atom. The number of piperidine rings is 2. The van der Waals surface area contributed by atoms with Crippen LogP contribution >= 0.6 is 92.8 Å². The number of sulfonamides is 1. The maximum Gasteiger partial charge on any atom is 0.216 e. The highest BCUT2D eigenvalue weighted by Gasteiger charge is 2.43. The molecular weight excluding hydrogens is 2010 g/mol. The molecule has 8 atom stereocenters. The van der Waals surface area contributed by atoms with Crippen LogP contribution in [0.3, 0.4) is 0 Å². The molecule has 8 aliphatic rings. The molecule has 16 heterocycles. The summed E-state index contributed by atoms with van der Waals surface area (Å²) in [4.78, 5) is 68.1. The number of fused-ring (bicyclic) bond motifs is 4. The topological polar surface area (TPSA) is 387 Å². The van der Waals surface area contributed by atoms with Gasteiger partial charge in [-0.15, -0.1) is 0 Å². The first-order valence-corrected chi connectivity index (χ1v) is 54.2. The molecule has 8 aliphatic heterocycles. The zero-order valence-electron chi connectivity index (χ0n) is 82.0. The highest BCUT2D eigenvalue weighted by molar-refractivity contribution is 7.90. The third-order valence-corrected chi connectivity index (χ3v) is 34.0. The number of rotatable bonds is 30. The van der Waals surface area contributed by atoms with Crippen LogP contribution in [0.25, 0.3) is 44.7 Å². The molecule has 144 heavy (non-hydrogen) atoms. The summed E-state index contributed by atoms with van der Waals surface area (Å²) in [6.45, 7) is 36.4. The summed E-state index contributed by atoms with van der Waals surface area (Å²) < 4.78 is 33.9. The van der Waals surface area contributed by atoms with Crippen molar-refractivity contribution >= 4 is 177 Å². The van der Waals surface area contributed by atoms with Crippen molar-refractivity contribution in [3.63, 3.8) is 0 Å². The van der Waals surface area contributed by atoms with Crippen molar-refractivity contribution in [3.8, 4) is 18.2 Å². The Labute approximate surface area is 879 Å². The number of nitrogens with zero attached hydrogens (tertiary/aromatic N) is 27. The third kappa shape index (κ3) is 23.8. The molecule has 4 N–H and O–H groups in total. The summed E-state index contributed by atoms with van der Waals surface area (Å²) in [5.41, 5.74) is 9.80. The molecule has 12 aromatic rings. The quantitative estimate of drug-likeness (QED) is 0.0325. The lowest BCUT2D eigenvalue weighted by molar-refractivity contribution is -0.119. The van der Waals surface area contributed by atoms with Gasteiger partial charge >= 0.3 is 0 Å². The molecule has 1 amide bonds. The van der Waals surface area contributed by atoms with E-state index >= 15 is 0 Å². The lowest BCUT2D eigenvalue weighted by Crippen LogP contribution is -2.54. The smallest absolute Gasteiger partial charge is 0.216 e. The van der Waals surface area contributed by atoms with Crippen LogP contribution in [-0.4, -0.2) is 286 Å². The molecule has 0 aliphatic carbocycles. The number of aromatic nitrogens is 16. The fourth-order valence-corrected chi connectivity index (χ4v) is 24.3. The molecule has 20 rings (SSSR count). The fourth-order valence-electron chi connectivity index (χ4n) is 21.3. The van der Waals surface area contributed by atoms with Gasteiger partial charge in [0, 0.05) is 178 Å². The Kier molecular flexibility index (Phi) is 34.3. The van der Waals surface area contributed by atoms with E-state index in [1.165, 1.54) is 32.1 Å². The Morgan fingerprint density at radius 3 is 0.993 bits per heavy atom. The molecule has 4 aromatic carbocycles. The van der Waals surface area contributed by atoms with Crippen LogP contribution in [0.4, 0.5) is 23.3 Å². The minimum atomic E-state index is -3.22. The fraction of sp³-hybridized carbons (Fsp3) is 0.525. The number of hydrogen-bond acceptors (Lipinski definition) is 28. The van der Waals surface area contributed by atoms with Crippen molar-refractivity contribution < 1.29 is 23.4 Å². The molecule has 34 nitrogen and oxygen atoms in total. The molecule has 0 spiro atoms. The van der Waals surface area contributed by atoms with Crippen molar-refractivity contribution in [1.29, 1.82) is 15.8 Å². The van der Waals surface area contributed by atoms with Gasteiger partial charge in [-0.2, -0.15) is 36.2 Å². The zero-order chi connectivity index (χ0) is 102. The summed E-state index contributed by atoms with van der Waals surface area (Å²) in [6.07, 6.45) is 16.0. The number of carbonyl (C=O) groups excluding carboxylic acids is 1. The van der Waals surface area contributed by atoms with Gasteiger partial charge in [0.2, 0.25) is 15.9 Å². The van der Waals surface area contributed by atoms with E-state index < -0.39 is 15.3 Å². The summed E-state index contributed by atoms with van der Waals surface area (Å²) >= 11 is 50.2. The number of nitriles is 3. The summed E-state index contributed by atoms with van der Waals surface area (Å²) in [6, 6.07) is 27.2. The van der Waals surface area contributed by atoms with Crippen LogP contribution in [0, 0.1) is 88.3 Å². The first-order chi connectivity index (χ1) is 69.3. The van der Waals surface area contributed by atoms with Crippen molar-refractivity contribution in [2.45, 2.75) is 136 Å². The predicted molar refractivity (Wildman–Crippen MR) is 566 cm³/mol. The average molecular weight is 2140 g/mol. The SMILES string of the molecule is CC(=O)NCCN1CCC[C@@H](C2CN(c3cnc4c(C#N)nn([C@H](C)c5ccc(Cl)cc5Cl)c4n3)C2)C1.C[C@H](c1ccc(Cl)cc1Cl)n1nc(C#N)c2ncc(N3CC([C@@H]4CCN(CCCO)C4)C3)nc21.C[C@H](c1ccc(Cl)cc1Cl)n1nc(C#N)c2ncc(N3CC([C@H]4CCN(CCCO)C4)C3)nc21.Cc1nn([C@H](C)c2ccc(Cl)cc2Cl)c2nc(N3CC([C@@H]4CCCN(CCNS(=O)(=O)C(C)C)C4)C3)cnc12. The molecule has 0 unspecified atom stereocenters. The number of likely N-dealkylation sites (tertiary alicyclic amines) is 4. The largest absolute Gasteiger partial charge is 0.396 e.